The molecule has 1 aromatic carbocycles. The van der Waals surface area contributed by atoms with Crippen LogP contribution >= 0.6 is 12.2 Å². The number of thiocarbonyl (C=S) groups is 1. The summed E-state index contributed by atoms with van der Waals surface area (Å²) in [5.41, 5.74) is 0.682. The number of carbonyl (C=O) groups excluding carboxylic acids is 1. The van der Waals surface area contributed by atoms with Crippen LogP contribution in [0.5, 0.6) is 5.75 Å². The van der Waals surface area contributed by atoms with Crippen molar-refractivity contribution in [3.8, 4) is 5.75 Å². The lowest BCUT2D eigenvalue weighted by molar-refractivity contribution is -0.122. The van der Waals surface area contributed by atoms with E-state index >= 15 is 0 Å². The molecular formula is C11H9NO3S. The summed E-state index contributed by atoms with van der Waals surface area (Å²) in [7, 11) is 1.55. The minimum absolute atomic E-state index is 0.135. The van der Waals surface area contributed by atoms with Crippen LogP contribution in [0.3, 0.4) is 0 Å². The zero-order valence-corrected chi connectivity index (χ0v) is 9.32. The fourth-order valence-electron chi connectivity index (χ4n) is 1.31. The highest BCUT2D eigenvalue weighted by Gasteiger charge is 2.29. The number of nitrogens with zero attached hydrogens (tertiary/aromatic N) is 1. The molecule has 0 radical (unpaired) electrons. The maximum Gasteiger partial charge on any atom is 0.296 e. The largest absolute Gasteiger partial charge is 0.508 e. The summed E-state index contributed by atoms with van der Waals surface area (Å²) in [5, 5.41) is 9.40. The summed E-state index contributed by atoms with van der Waals surface area (Å²) in [5.74, 6) is 0.0159. The molecule has 1 N–H and O–H groups in total. The quantitative estimate of drug-likeness (QED) is 0.592. The Kier molecular flexibility index (Phi) is 2.62. The predicted molar refractivity (Wildman–Crippen MR) is 62.5 cm³/mol. The van der Waals surface area contributed by atoms with E-state index in [4.69, 9.17) is 17.0 Å². The van der Waals surface area contributed by atoms with Crippen LogP contribution in [0.15, 0.2) is 30.0 Å². The smallest absolute Gasteiger partial charge is 0.296 e. The van der Waals surface area contributed by atoms with Crippen LogP contribution in [0.1, 0.15) is 5.56 Å². The molecule has 0 aromatic heterocycles. The number of aromatic hydroxyl groups is 1. The van der Waals surface area contributed by atoms with Crippen molar-refractivity contribution >= 4 is 29.4 Å². The Hall–Kier alpha value is -1.88. The van der Waals surface area contributed by atoms with E-state index < -0.39 is 0 Å². The van der Waals surface area contributed by atoms with Gasteiger partial charge in [0.1, 0.15) is 5.75 Å². The van der Waals surface area contributed by atoms with E-state index in [1.54, 1.807) is 25.2 Å². The Morgan fingerprint density at radius 2 is 2.25 bits per heavy atom. The molecule has 4 nitrogen and oxygen atoms in total. The number of ether oxygens (including phenoxy) is 1. The van der Waals surface area contributed by atoms with E-state index in [2.05, 4.69) is 0 Å². The van der Waals surface area contributed by atoms with Crippen LogP contribution in [0, 0.1) is 0 Å². The minimum Gasteiger partial charge on any atom is -0.508 e. The van der Waals surface area contributed by atoms with Gasteiger partial charge < -0.3 is 9.84 Å². The highest BCUT2D eigenvalue weighted by Crippen LogP contribution is 2.20. The molecule has 0 bridgehead atoms. The molecule has 82 valence electrons. The number of phenolic OH excluding ortho intramolecular Hbond substituents is 1. The highest BCUT2D eigenvalue weighted by atomic mass is 32.1. The molecule has 0 atom stereocenters. The lowest BCUT2D eigenvalue weighted by atomic mass is 10.2. The predicted octanol–water partition coefficient (Wildman–Crippen LogP) is 1.51. The van der Waals surface area contributed by atoms with E-state index in [-0.39, 0.29) is 22.6 Å². The van der Waals surface area contributed by atoms with Crippen molar-refractivity contribution in [2.75, 3.05) is 7.05 Å². The van der Waals surface area contributed by atoms with Gasteiger partial charge in [0.15, 0.2) is 5.76 Å². The maximum atomic E-state index is 11.6. The average molecular weight is 235 g/mol. The molecule has 5 heteroatoms. The molecule has 0 saturated carbocycles. The van der Waals surface area contributed by atoms with E-state index in [1.165, 1.54) is 17.0 Å². The van der Waals surface area contributed by atoms with Gasteiger partial charge in [-0.05, 0) is 36.0 Å². The second kappa shape index (κ2) is 3.94. The number of likely N-dealkylation sites (N-methyl/N-ethyl adjacent to an activating group) is 1. The number of rotatable bonds is 1. The van der Waals surface area contributed by atoms with Gasteiger partial charge in [0.2, 0.25) is 0 Å². The van der Waals surface area contributed by atoms with Gasteiger partial charge >= 0.3 is 0 Å². The van der Waals surface area contributed by atoms with Crippen LogP contribution in [-0.4, -0.2) is 28.1 Å². The van der Waals surface area contributed by atoms with Gasteiger partial charge in [0.25, 0.3) is 11.1 Å². The van der Waals surface area contributed by atoms with Gasteiger partial charge in [-0.2, -0.15) is 0 Å². The molecule has 1 heterocycles. The number of hydrogen-bond acceptors (Lipinski definition) is 4. The molecule has 1 saturated heterocycles. The summed E-state index contributed by atoms with van der Waals surface area (Å²) >= 11 is 4.83. The molecule has 1 aliphatic rings. The fraction of sp³-hybridized carbons (Fsp3) is 0.0909. The monoisotopic (exact) mass is 235 g/mol. The summed E-state index contributed by atoms with van der Waals surface area (Å²) in [6.45, 7) is 0. The van der Waals surface area contributed by atoms with Crippen LogP contribution in [0.2, 0.25) is 0 Å². The molecule has 2 rings (SSSR count). The summed E-state index contributed by atoms with van der Waals surface area (Å²) in [6, 6.07) is 6.52. The van der Waals surface area contributed by atoms with Crippen molar-refractivity contribution in [2.24, 2.45) is 0 Å². The fourth-order valence-corrected chi connectivity index (χ4v) is 1.48. The number of phenols is 1. The zero-order valence-electron chi connectivity index (χ0n) is 8.51. The third-order valence-electron chi connectivity index (χ3n) is 2.15. The maximum absolute atomic E-state index is 11.6. The Morgan fingerprint density at radius 1 is 1.50 bits per heavy atom. The minimum atomic E-state index is -0.284. The molecule has 1 aromatic rings. The van der Waals surface area contributed by atoms with Crippen LogP contribution in [0.25, 0.3) is 6.08 Å². The van der Waals surface area contributed by atoms with Crippen molar-refractivity contribution in [1.82, 2.24) is 4.90 Å². The molecule has 1 fully saturated rings. The third-order valence-corrected chi connectivity index (χ3v) is 2.51. The lowest BCUT2D eigenvalue weighted by Crippen LogP contribution is -2.22. The number of amides is 1. The lowest BCUT2D eigenvalue weighted by Gasteiger charge is -2.00. The van der Waals surface area contributed by atoms with Gasteiger partial charge in [0.05, 0.1) is 0 Å². The van der Waals surface area contributed by atoms with Gasteiger partial charge in [-0.3, -0.25) is 9.69 Å². The van der Waals surface area contributed by atoms with Crippen LogP contribution in [-0.2, 0) is 9.53 Å². The molecule has 1 aliphatic heterocycles. The zero-order chi connectivity index (χ0) is 11.7. The normalized spacial score (nSPS) is 18.1. The topological polar surface area (TPSA) is 49.8 Å². The first-order valence-corrected chi connectivity index (χ1v) is 4.99. The number of carbonyl (C=O) groups is 1. The Morgan fingerprint density at radius 3 is 2.81 bits per heavy atom. The van der Waals surface area contributed by atoms with E-state index in [9.17, 15) is 9.90 Å². The number of hydrogen-bond donors (Lipinski definition) is 1. The van der Waals surface area contributed by atoms with Gasteiger partial charge in [-0.1, -0.05) is 12.1 Å². The summed E-state index contributed by atoms with van der Waals surface area (Å²) < 4.78 is 5.12. The Bertz CT molecular complexity index is 496. The first kappa shape index (κ1) is 10.6. The van der Waals surface area contributed by atoms with E-state index in [0.29, 0.717) is 5.56 Å². The van der Waals surface area contributed by atoms with Crippen molar-refractivity contribution in [3.05, 3.63) is 35.6 Å². The summed E-state index contributed by atoms with van der Waals surface area (Å²) in [4.78, 5) is 12.8. The van der Waals surface area contributed by atoms with Crippen molar-refractivity contribution in [3.63, 3.8) is 0 Å². The molecule has 0 aliphatic carbocycles. The first-order valence-electron chi connectivity index (χ1n) is 4.58. The SMILES string of the molecule is CN1C(=O)C(=Cc2cccc(O)c2)OC1=S. The molecule has 0 spiro atoms. The van der Waals surface area contributed by atoms with Crippen molar-refractivity contribution in [2.45, 2.75) is 0 Å². The second-order valence-electron chi connectivity index (χ2n) is 3.34. The molecule has 16 heavy (non-hydrogen) atoms. The number of benzene rings is 1. The van der Waals surface area contributed by atoms with Gasteiger partial charge in [-0.25, -0.2) is 0 Å². The molecular weight excluding hydrogens is 226 g/mol. The standard InChI is InChI=1S/C11H9NO3S/c1-12-10(14)9(15-11(12)16)6-7-3-2-4-8(13)5-7/h2-6,13H,1H3. The van der Waals surface area contributed by atoms with Gasteiger partial charge in [0, 0.05) is 7.05 Å². The molecule has 1 amide bonds. The average Bonchev–Trinajstić information content (AvgIpc) is 2.47. The van der Waals surface area contributed by atoms with Crippen molar-refractivity contribution < 1.29 is 14.6 Å². The highest BCUT2D eigenvalue weighted by molar-refractivity contribution is 7.80. The Labute approximate surface area is 97.7 Å². The van der Waals surface area contributed by atoms with Crippen LogP contribution < -0.4 is 0 Å². The second-order valence-corrected chi connectivity index (χ2v) is 3.68. The van der Waals surface area contributed by atoms with Crippen molar-refractivity contribution in [1.29, 1.82) is 0 Å². The third kappa shape index (κ3) is 1.90. The van der Waals surface area contributed by atoms with E-state index in [0.717, 1.165) is 0 Å². The first-order chi connectivity index (χ1) is 7.58. The summed E-state index contributed by atoms with van der Waals surface area (Å²) in [6.07, 6.45) is 1.54. The van der Waals surface area contributed by atoms with Crippen LogP contribution in [0.4, 0.5) is 0 Å². The van der Waals surface area contributed by atoms with E-state index in [1.807, 2.05) is 0 Å². The Balaban J connectivity index is 2.33. The molecule has 0 unspecified atom stereocenters. The van der Waals surface area contributed by atoms with Gasteiger partial charge in [-0.15, -0.1) is 0 Å².